The molecule has 0 spiro atoms. The Morgan fingerprint density at radius 1 is 1.65 bits per heavy atom. The van der Waals surface area contributed by atoms with Gasteiger partial charge >= 0.3 is 5.97 Å². The molecule has 7 heteroatoms. The number of methoxy groups -OCH3 is 1. The Labute approximate surface area is 96.5 Å². The molecule has 0 aromatic heterocycles. The number of aliphatic imine (C=N–C) groups is 1. The molecule has 0 bridgehead atoms. The number of non-ortho nitro benzene ring substituents is 1. The van der Waals surface area contributed by atoms with Crippen LogP contribution in [0.2, 0.25) is 0 Å². The quantitative estimate of drug-likeness (QED) is 0.363. The van der Waals surface area contributed by atoms with E-state index in [0.29, 0.717) is 0 Å². The number of nitrogens with zero attached hydrogens (tertiary/aromatic N) is 2. The molecule has 1 rings (SSSR count). The standard InChI is InChI=1S/C10H10N2O5/c1-17-10(14)6-11-5-7-4-8(12(15)16)2-3-9(7)13/h2-5,13H,6H2,1H3. The van der Waals surface area contributed by atoms with Crippen molar-refractivity contribution in [2.75, 3.05) is 13.7 Å². The molecule has 0 aliphatic rings. The van der Waals surface area contributed by atoms with Crippen LogP contribution in [0.15, 0.2) is 23.2 Å². The normalized spacial score (nSPS) is 10.4. The number of carbonyl (C=O) groups is 1. The maximum Gasteiger partial charge on any atom is 0.327 e. The minimum atomic E-state index is -0.586. The van der Waals surface area contributed by atoms with Gasteiger partial charge in [-0.3, -0.25) is 19.9 Å². The SMILES string of the molecule is COC(=O)CN=Cc1cc([N+](=O)[O-])ccc1O. The molecular formula is C10H10N2O5. The molecule has 0 radical (unpaired) electrons. The summed E-state index contributed by atoms with van der Waals surface area (Å²) in [5, 5.41) is 19.9. The van der Waals surface area contributed by atoms with Gasteiger partial charge in [0.1, 0.15) is 12.3 Å². The van der Waals surface area contributed by atoms with Crippen molar-refractivity contribution in [2.45, 2.75) is 0 Å². The molecule has 1 N–H and O–H groups in total. The van der Waals surface area contributed by atoms with Gasteiger partial charge < -0.3 is 9.84 Å². The molecule has 1 aromatic rings. The number of nitro benzene ring substituents is 1. The minimum Gasteiger partial charge on any atom is -0.507 e. The first-order chi connectivity index (χ1) is 8.04. The summed E-state index contributed by atoms with van der Waals surface area (Å²) in [5.74, 6) is -0.685. The van der Waals surface area contributed by atoms with Gasteiger partial charge in [0.15, 0.2) is 0 Å². The van der Waals surface area contributed by atoms with Gasteiger partial charge in [-0.2, -0.15) is 0 Å². The molecule has 1 aromatic carbocycles. The van der Waals surface area contributed by atoms with Crippen LogP contribution in [0.1, 0.15) is 5.56 Å². The molecule has 0 heterocycles. The molecular weight excluding hydrogens is 228 g/mol. The van der Waals surface area contributed by atoms with Crippen molar-refractivity contribution >= 4 is 17.9 Å². The molecule has 0 saturated heterocycles. The number of benzene rings is 1. The van der Waals surface area contributed by atoms with Crippen LogP contribution in [0.5, 0.6) is 5.75 Å². The highest BCUT2D eigenvalue weighted by Gasteiger charge is 2.08. The zero-order valence-electron chi connectivity index (χ0n) is 8.99. The lowest BCUT2D eigenvalue weighted by Gasteiger charge is -1.98. The molecule has 90 valence electrons. The topological polar surface area (TPSA) is 102 Å². The second kappa shape index (κ2) is 5.59. The van der Waals surface area contributed by atoms with Gasteiger partial charge in [0.2, 0.25) is 0 Å². The Morgan fingerprint density at radius 2 is 2.35 bits per heavy atom. The first-order valence-electron chi connectivity index (χ1n) is 4.58. The fraction of sp³-hybridized carbons (Fsp3) is 0.200. The van der Waals surface area contributed by atoms with Crippen LogP contribution in [0.4, 0.5) is 5.69 Å². The van der Waals surface area contributed by atoms with Gasteiger partial charge in [-0.25, -0.2) is 0 Å². The lowest BCUT2D eigenvalue weighted by atomic mass is 10.2. The highest BCUT2D eigenvalue weighted by Crippen LogP contribution is 2.21. The van der Waals surface area contributed by atoms with E-state index in [1.54, 1.807) is 0 Å². The highest BCUT2D eigenvalue weighted by atomic mass is 16.6. The minimum absolute atomic E-state index is 0.149. The van der Waals surface area contributed by atoms with Crippen molar-refractivity contribution in [3.63, 3.8) is 0 Å². The van der Waals surface area contributed by atoms with E-state index in [2.05, 4.69) is 9.73 Å². The van der Waals surface area contributed by atoms with Crippen LogP contribution in [0, 0.1) is 10.1 Å². The van der Waals surface area contributed by atoms with E-state index in [0.717, 1.165) is 6.07 Å². The second-order valence-corrected chi connectivity index (χ2v) is 3.05. The van der Waals surface area contributed by atoms with Gasteiger partial charge in [-0.1, -0.05) is 0 Å². The van der Waals surface area contributed by atoms with Crippen LogP contribution in [0.3, 0.4) is 0 Å². The van der Waals surface area contributed by atoms with Crippen molar-refractivity contribution < 1.29 is 19.6 Å². The number of esters is 1. The molecule has 17 heavy (non-hydrogen) atoms. The predicted molar refractivity (Wildman–Crippen MR) is 59.2 cm³/mol. The number of phenols is 1. The molecule has 0 unspecified atom stereocenters. The average Bonchev–Trinajstić information content (AvgIpc) is 2.30. The van der Waals surface area contributed by atoms with Gasteiger partial charge in [-0.15, -0.1) is 0 Å². The van der Waals surface area contributed by atoms with E-state index < -0.39 is 10.9 Å². The Bertz CT molecular complexity index is 470. The number of ether oxygens (including phenoxy) is 1. The number of nitro groups is 1. The number of carbonyl (C=O) groups excluding carboxylic acids is 1. The van der Waals surface area contributed by atoms with E-state index in [-0.39, 0.29) is 23.5 Å². The summed E-state index contributed by atoms with van der Waals surface area (Å²) in [6.07, 6.45) is 1.18. The average molecular weight is 238 g/mol. The maximum atomic E-state index is 10.8. The van der Waals surface area contributed by atoms with Crippen molar-refractivity contribution in [2.24, 2.45) is 4.99 Å². The van der Waals surface area contributed by atoms with Gasteiger partial charge in [0.25, 0.3) is 5.69 Å². The van der Waals surface area contributed by atoms with E-state index in [1.807, 2.05) is 0 Å². The lowest BCUT2D eigenvalue weighted by molar-refractivity contribution is -0.384. The summed E-state index contributed by atoms with van der Waals surface area (Å²) in [7, 11) is 1.22. The predicted octanol–water partition coefficient (Wildman–Crippen LogP) is 0.892. The molecule has 7 nitrogen and oxygen atoms in total. The number of phenolic OH excluding ortho intramolecular Hbond substituents is 1. The summed E-state index contributed by atoms with van der Waals surface area (Å²) < 4.78 is 4.36. The Hall–Kier alpha value is -2.44. The van der Waals surface area contributed by atoms with Crippen LogP contribution in [-0.4, -0.2) is 35.9 Å². The van der Waals surface area contributed by atoms with Crippen LogP contribution in [0.25, 0.3) is 0 Å². The second-order valence-electron chi connectivity index (χ2n) is 3.05. The van der Waals surface area contributed by atoms with E-state index in [4.69, 9.17) is 0 Å². The van der Waals surface area contributed by atoms with Crippen molar-refractivity contribution in [1.29, 1.82) is 0 Å². The first-order valence-corrected chi connectivity index (χ1v) is 4.58. The molecule has 0 fully saturated rings. The third-order valence-electron chi connectivity index (χ3n) is 1.90. The summed E-state index contributed by atoms with van der Waals surface area (Å²) in [4.78, 5) is 24.4. The van der Waals surface area contributed by atoms with E-state index in [1.165, 1.54) is 25.5 Å². The first kappa shape index (κ1) is 12.6. The summed E-state index contributed by atoms with van der Waals surface area (Å²) >= 11 is 0. The van der Waals surface area contributed by atoms with Crippen molar-refractivity contribution in [3.05, 3.63) is 33.9 Å². The molecule has 0 amide bonds. The van der Waals surface area contributed by atoms with Gasteiger partial charge in [-0.05, 0) is 6.07 Å². The van der Waals surface area contributed by atoms with Gasteiger partial charge in [0, 0.05) is 23.9 Å². The fourth-order valence-corrected chi connectivity index (χ4v) is 1.04. The van der Waals surface area contributed by atoms with Crippen LogP contribution in [-0.2, 0) is 9.53 Å². The third-order valence-corrected chi connectivity index (χ3v) is 1.90. The number of hydrogen-bond donors (Lipinski definition) is 1. The fourth-order valence-electron chi connectivity index (χ4n) is 1.04. The van der Waals surface area contributed by atoms with E-state index in [9.17, 15) is 20.0 Å². The molecule has 0 atom stereocenters. The summed E-state index contributed by atoms with van der Waals surface area (Å²) in [5.41, 5.74) is 0.00502. The van der Waals surface area contributed by atoms with Crippen molar-refractivity contribution in [3.8, 4) is 5.75 Å². The molecule has 0 aliphatic carbocycles. The number of hydrogen-bond acceptors (Lipinski definition) is 6. The Morgan fingerprint density at radius 3 is 2.94 bits per heavy atom. The lowest BCUT2D eigenvalue weighted by Crippen LogP contribution is -2.04. The zero-order chi connectivity index (χ0) is 12.8. The largest absolute Gasteiger partial charge is 0.507 e. The van der Waals surface area contributed by atoms with Crippen LogP contribution < -0.4 is 0 Å². The van der Waals surface area contributed by atoms with Crippen LogP contribution >= 0.6 is 0 Å². The summed E-state index contributed by atoms with van der Waals surface area (Å²) in [6, 6.07) is 3.53. The third kappa shape index (κ3) is 3.56. The van der Waals surface area contributed by atoms with Gasteiger partial charge in [0.05, 0.1) is 12.0 Å². The maximum absolute atomic E-state index is 10.8. The highest BCUT2D eigenvalue weighted by molar-refractivity contribution is 5.86. The number of rotatable bonds is 4. The number of aromatic hydroxyl groups is 1. The zero-order valence-corrected chi connectivity index (χ0v) is 8.99. The Kier molecular flexibility index (Phi) is 4.15. The summed E-state index contributed by atoms with van der Waals surface area (Å²) in [6.45, 7) is -0.210. The molecule has 0 aliphatic heterocycles. The monoisotopic (exact) mass is 238 g/mol. The Balaban J connectivity index is 2.86. The van der Waals surface area contributed by atoms with E-state index >= 15 is 0 Å². The smallest absolute Gasteiger partial charge is 0.327 e. The van der Waals surface area contributed by atoms with Crippen molar-refractivity contribution in [1.82, 2.24) is 0 Å². The molecule has 0 saturated carbocycles.